The molecule has 1 aromatic rings. The molecule has 2 rings (SSSR count). The number of aryl methyl sites for hydroxylation is 1. The molecular formula is C16H24ClNO. The van der Waals surface area contributed by atoms with Gasteiger partial charge in [0, 0.05) is 23.5 Å². The third-order valence-electron chi connectivity index (χ3n) is 4.44. The van der Waals surface area contributed by atoms with Crippen molar-refractivity contribution in [3.63, 3.8) is 0 Å². The highest BCUT2D eigenvalue weighted by atomic mass is 35.5. The number of carbonyl (C=O) groups is 1. The van der Waals surface area contributed by atoms with Gasteiger partial charge in [0.2, 0.25) is 0 Å². The first-order chi connectivity index (χ1) is 9.00. The van der Waals surface area contributed by atoms with Crippen LogP contribution in [0.4, 0.5) is 0 Å². The van der Waals surface area contributed by atoms with Crippen LogP contribution < -0.4 is 0 Å². The van der Waals surface area contributed by atoms with Gasteiger partial charge < -0.3 is 4.57 Å². The predicted octanol–water partition coefficient (Wildman–Crippen LogP) is 4.50. The SMILES string of the molecule is Cc1cc(C(=O)C(C)Cl)c(C)n1CCC1CCCC1. The maximum absolute atomic E-state index is 12.0. The normalized spacial score (nSPS) is 17.9. The van der Waals surface area contributed by atoms with E-state index in [-0.39, 0.29) is 5.78 Å². The Bertz CT molecular complexity index is 456. The van der Waals surface area contributed by atoms with Crippen LogP contribution in [0.2, 0.25) is 0 Å². The quantitative estimate of drug-likeness (QED) is 0.575. The van der Waals surface area contributed by atoms with Crippen LogP contribution in [-0.4, -0.2) is 15.7 Å². The average Bonchev–Trinajstić information content (AvgIpc) is 2.96. The average molecular weight is 282 g/mol. The van der Waals surface area contributed by atoms with Gasteiger partial charge in [0.15, 0.2) is 5.78 Å². The molecular weight excluding hydrogens is 258 g/mol. The molecule has 0 bridgehead atoms. The minimum absolute atomic E-state index is 0.0434. The number of halogens is 1. The van der Waals surface area contributed by atoms with Crippen molar-refractivity contribution in [1.29, 1.82) is 0 Å². The Hall–Kier alpha value is -0.760. The Morgan fingerprint density at radius 1 is 1.42 bits per heavy atom. The molecule has 0 aromatic carbocycles. The van der Waals surface area contributed by atoms with E-state index in [4.69, 9.17) is 11.6 Å². The zero-order valence-electron chi connectivity index (χ0n) is 12.2. The summed E-state index contributed by atoms with van der Waals surface area (Å²) in [6, 6.07) is 1.99. The fourth-order valence-corrected chi connectivity index (χ4v) is 3.34. The first-order valence-corrected chi connectivity index (χ1v) is 7.79. The number of rotatable bonds is 5. The fourth-order valence-electron chi connectivity index (χ4n) is 3.22. The van der Waals surface area contributed by atoms with Crippen LogP contribution in [0.3, 0.4) is 0 Å². The van der Waals surface area contributed by atoms with Gasteiger partial charge in [0.1, 0.15) is 0 Å². The number of hydrogen-bond donors (Lipinski definition) is 0. The van der Waals surface area contributed by atoms with E-state index in [0.29, 0.717) is 0 Å². The summed E-state index contributed by atoms with van der Waals surface area (Å²) in [5, 5.41) is -0.441. The molecule has 0 aliphatic heterocycles. The molecule has 19 heavy (non-hydrogen) atoms. The van der Waals surface area contributed by atoms with E-state index >= 15 is 0 Å². The van der Waals surface area contributed by atoms with Crippen LogP contribution in [0.5, 0.6) is 0 Å². The van der Waals surface area contributed by atoms with Gasteiger partial charge in [0.25, 0.3) is 0 Å². The van der Waals surface area contributed by atoms with E-state index in [1.165, 1.54) is 37.8 Å². The van der Waals surface area contributed by atoms with Crippen LogP contribution in [0.1, 0.15) is 60.8 Å². The number of hydrogen-bond acceptors (Lipinski definition) is 1. The Morgan fingerprint density at radius 2 is 2.05 bits per heavy atom. The summed E-state index contributed by atoms with van der Waals surface area (Å²) in [5.41, 5.74) is 3.05. The van der Waals surface area contributed by atoms with E-state index < -0.39 is 5.38 Å². The number of aromatic nitrogens is 1. The standard InChI is InChI=1S/C16H24ClNO/c1-11-10-15(16(19)12(2)17)13(3)18(11)9-8-14-6-4-5-7-14/h10,12,14H,4-9H2,1-3H3. The van der Waals surface area contributed by atoms with Gasteiger partial charge in [0.05, 0.1) is 5.38 Å². The molecule has 1 aromatic heterocycles. The van der Waals surface area contributed by atoms with E-state index in [0.717, 1.165) is 23.7 Å². The molecule has 0 N–H and O–H groups in total. The lowest BCUT2D eigenvalue weighted by atomic mass is 10.0. The molecule has 2 nitrogen and oxygen atoms in total. The molecule has 106 valence electrons. The van der Waals surface area contributed by atoms with Gasteiger partial charge in [-0.15, -0.1) is 11.6 Å². The van der Waals surface area contributed by atoms with Crippen molar-refractivity contribution >= 4 is 17.4 Å². The summed E-state index contributed by atoms with van der Waals surface area (Å²) in [4.78, 5) is 12.0. The lowest BCUT2D eigenvalue weighted by Crippen LogP contribution is -2.12. The minimum Gasteiger partial charge on any atom is -0.348 e. The Morgan fingerprint density at radius 3 is 2.63 bits per heavy atom. The van der Waals surface area contributed by atoms with Crippen LogP contribution in [0, 0.1) is 19.8 Å². The molecule has 1 aliphatic carbocycles. The van der Waals surface area contributed by atoms with Crippen molar-refractivity contribution in [3.05, 3.63) is 23.0 Å². The number of nitrogens with zero attached hydrogens (tertiary/aromatic N) is 1. The van der Waals surface area contributed by atoms with Gasteiger partial charge in [-0.3, -0.25) is 4.79 Å². The molecule has 1 heterocycles. The number of Topliss-reactive ketones (excluding diaryl/α,β-unsaturated/α-hetero) is 1. The fraction of sp³-hybridized carbons (Fsp3) is 0.688. The second-order valence-electron chi connectivity index (χ2n) is 5.86. The topological polar surface area (TPSA) is 22.0 Å². The monoisotopic (exact) mass is 281 g/mol. The third-order valence-corrected chi connectivity index (χ3v) is 4.63. The van der Waals surface area contributed by atoms with Gasteiger partial charge in [-0.05, 0) is 39.2 Å². The summed E-state index contributed by atoms with van der Waals surface area (Å²) in [7, 11) is 0. The molecule has 1 fully saturated rings. The van der Waals surface area contributed by atoms with E-state index in [2.05, 4.69) is 11.5 Å². The first-order valence-electron chi connectivity index (χ1n) is 7.35. The molecule has 0 spiro atoms. The summed E-state index contributed by atoms with van der Waals surface area (Å²) in [6.45, 7) is 6.90. The number of ketones is 1. The van der Waals surface area contributed by atoms with Crippen LogP contribution in [0.25, 0.3) is 0 Å². The van der Waals surface area contributed by atoms with Gasteiger partial charge >= 0.3 is 0 Å². The minimum atomic E-state index is -0.441. The summed E-state index contributed by atoms with van der Waals surface area (Å²) < 4.78 is 2.28. The molecule has 1 aliphatic rings. The molecule has 1 unspecified atom stereocenters. The van der Waals surface area contributed by atoms with Crippen LogP contribution in [0.15, 0.2) is 6.07 Å². The molecule has 3 heteroatoms. The Kier molecular flexibility index (Phi) is 4.72. The van der Waals surface area contributed by atoms with Gasteiger partial charge in [-0.25, -0.2) is 0 Å². The largest absolute Gasteiger partial charge is 0.348 e. The van der Waals surface area contributed by atoms with E-state index in [9.17, 15) is 4.79 Å². The van der Waals surface area contributed by atoms with Crippen LogP contribution in [-0.2, 0) is 6.54 Å². The second-order valence-corrected chi connectivity index (χ2v) is 6.51. The second kappa shape index (κ2) is 6.13. The van der Waals surface area contributed by atoms with E-state index in [1.807, 2.05) is 13.0 Å². The number of carbonyl (C=O) groups excluding carboxylic acids is 1. The van der Waals surface area contributed by atoms with Crippen molar-refractivity contribution in [2.24, 2.45) is 5.92 Å². The lowest BCUT2D eigenvalue weighted by Gasteiger charge is -2.13. The van der Waals surface area contributed by atoms with Crippen molar-refractivity contribution in [1.82, 2.24) is 4.57 Å². The maximum atomic E-state index is 12.0. The van der Waals surface area contributed by atoms with Crippen molar-refractivity contribution < 1.29 is 4.79 Å². The summed E-state index contributed by atoms with van der Waals surface area (Å²) in [5.74, 6) is 0.925. The van der Waals surface area contributed by atoms with E-state index in [1.54, 1.807) is 6.92 Å². The van der Waals surface area contributed by atoms with Crippen LogP contribution >= 0.6 is 11.6 Å². The smallest absolute Gasteiger partial charge is 0.182 e. The highest BCUT2D eigenvalue weighted by molar-refractivity contribution is 6.33. The number of alkyl halides is 1. The molecule has 0 radical (unpaired) electrons. The Labute approximate surface area is 121 Å². The highest BCUT2D eigenvalue weighted by Gasteiger charge is 2.20. The predicted molar refractivity (Wildman–Crippen MR) is 80.1 cm³/mol. The lowest BCUT2D eigenvalue weighted by molar-refractivity contribution is 0.0991. The van der Waals surface area contributed by atoms with Gasteiger partial charge in [-0.2, -0.15) is 0 Å². The first kappa shape index (κ1) is 14.6. The zero-order valence-corrected chi connectivity index (χ0v) is 13.0. The summed E-state index contributed by atoms with van der Waals surface area (Å²) in [6.07, 6.45) is 6.78. The molecule has 0 amide bonds. The molecule has 0 saturated heterocycles. The molecule has 1 atom stereocenters. The summed E-state index contributed by atoms with van der Waals surface area (Å²) >= 11 is 5.92. The van der Waals surface area contributed by atoms with Crippen molar-refractivity contribution in [2.75, 3.05) is 0 Å². The van der Waals surface area contributed by atoms with Gasteiger partial charge in [-0.1, -0.05) is 25.7 Å². The maximum Gasteiger partial charge on any atom is 0.182 e. The third kappa shape index (κ3) is 3.22. The zero-order chi connectivity index (χ0) is 14.0. The van der Waals surface area contributed by atoms with Crippen molar-refractivity contribution in [2.45, 2.75) is 64.8 Å². The highest BCUT2D eigenvalue weighted by Crippen LogP contribution is 2.29. The van der Waals surface area contributed by atoms with Crippen molar-refractivity contribution in [3.8, 4) is 0 Å². The Balaban J connectivity index is 2.10. The molecule has 1 saturated carbocycles.